The van der Waals surface area contributed by atoms with Gasteiger partial charge < -0.3 is 4.74 Å². The number of aromatic nitrogens is 2. The van der Waals surface area contributed by atoms with Gasteiger partial charge in [-0.25, -0.2) is 4.79 Å². The van der Waals surface area contributed by atoms with E-state index >= 15 is 0 Å². The lowest BCUT2D eigenvalue weighted by atomic mass is 10.2. The van der Waals surface area contributed by atoms with E-state index < -0.39 is 5.56 Å². The summed E-state index contributed by atoms with van der Waals surface area (Å²) in [5, 5.41) is 9.12. The molecule has 1 aliphatic carbocycles. The molecule has 112 valence electrons. The summed E-state index contributed by atoms with van der Waals surface area (Å²) < 4.78 is 7.86. The molecule has 0 saturated heterocycles. The Morgan fingerprint density at radius 3 is 2.68 bits per heavy atom. The number of para-hydroxylation sites is 1. The van der Waals surface area contributed by atoms with Gasteiger partial charge in [0.2, 0.25) is 0 Å². The maximum absolute atomic E-state index is 12.5. The number of hydrogen-bond acceptors (Lipinski definition) is 4. The van der Waals surface area contributed by atoms with Crippen molar-refractivity contribution in [1.29, 1.82) is 5.26 Å². The Labute approximate surface area is 126 Å². The zero-order chi connectivity index (χ0) is 15.7. The number of ether oxygens (including phenoxy) is 1. The SMILES string of the molecule is COc1ccccc1Cn1c(=O)c(C#N)cn(C2CC2)c1=O. The molecule has 0 amide bonds. The third kappa shape index (κ3) is 2.42. The second-order valence-electron chi connectivity index (χ2n) is 5.28. The highest BCUT2D eigenvalue weighted by atomic mass is 16.5. The first-order chi connectivity index (χ1) is 10.7. The molecule has 1 aromatic heterocycles. The van der Waals surface area contributed by atoms with E-state index in [1.54, 1.807) is 12.1 Å². The van der Waals surface area contributed by atoms with E-state index in [9.17, 15) is 9.59 Å². The standard InChI is InChI=1S/C16H15N3O3/c1-22-14-5-3-2-4-11(14)9-19-15(20)12(8-17)10-18(16(19)21)13-6-7-13/h2-5,10,13H,6-7,9H2,1H3. The van der Waals surface area contributed by atoms with E-state index in [2.05, 4.69) is 0 Å². The molecule has 0 aliphatic heterocycles. The van der Waals surface area contributed by atoms with Gasteiger partial charge in [0.05, 0.1) is 13.7 Å². The number of benzene rings is 1. The molecule has 0 N–H and O–H groups in total. The Bertz CT molecular complexity index is 869. The maximum atomic E-state index is 12.5. The fraction of sp³-hybridized carbons (Fsp3) is 0.312. The van der Waals surface area contributed by atoms with Gasteiger partial charge in [0.1, 0.15) is 17.4 Å². The maximum Gasteiger partial charge on any atom is 0.331 e. The van der Waals surface area contributed by atoms with E-state index in [0.717, 1.165) is 23.0 Å². The van der Waals surface area contributed by atoms with Crippen molar-refractivity contribution in [3.63, 3.8) is 0 Å². The van der Waals surface area contributed by atoms with Crippen molar-refractivity contribution < 1.29 is 4.74 Å². The van der Waals surface area contributed by atoms with Crippen LogP contribution in [0.1, 0.15) is 30.0 Å². The number of methoxy groups -OCH3 is 1. The molecule has 1 aromatic carbocycles. The number of hydrogen-bond donors (Lipinski definition) is 0. The molecule has 0 spiro atoms. The van der Waals surface area contributed by atoms with Crippen LogP contribution in [0.2, 0.25) is 0 Å². The van der Waals surface area contributed by atoms with Crippen molar-refractivity contribution >= 4 is 0 Å². The Morgan fingerprint density at radius 2 is 2.05 bits per heavy atom. The van der Waals surface area contributed by atoms with Crippen molar-refractivity contribution in [3.05, 3.63) is 62.4 Å². The van der Waals surface area contributed by atoms with Crippen molar-refractivity contribution in [2.45, 2.75) is 25.4 Å². The number of nitriles is 1. The third-order valence-corrected chi connectivity index (χ3v) is 3.78. The molecule has 0 bridgehead atoms. The summed E-state index contributed by atoms with van der Waals surface area (Å²) >= 11 is 0. The predicted molar refractivity (Wildman–Crippen MR) is 80.0 cm³/mol. The van der Waals surface area contributed by atoms with Crippen LogP contribution in [0.4, 0.5) is 0 Å². The minimum atomic E-state index is -0.560. The summed E-state index contributed by atoms with van der Waals surface area (Å²) in [4.78, 5) is 24.8. The molecule has 1 fully saturated rings. The molecule has 0 radical (unpaired) electrons. The topological polar surface area (TPSA) is 77.0 Å². The van der Waals surface area contributed by atoms with Crippen LogP contribution < -0.4 is 16.0 Å². The van der Waals surface area contributed by atoms with E-state index in [1.165, 1.54) is 17.9 Å². The van der Waals surface area contributed by atoms with Crippen LogP contribution >= 0.6 is 0 Å². The lowest BCUT2D eigenvalue weighted by Crippen LogP contribution is -2.41. The Morgan fingerprint density at radius 1 is 1.32 bits per heavy atom. The fourth-order valence-electron chi connectivity index (χ4n) is 2.46. The zero-order valence-corrected chi connectivity index (χ0v) is 12.2. The summed E-state index contributed by atoms with van der Waals surface area (Å²) in [6, 6.07) is 9.18. The minimum Gasteiger partial charge on any atom is -0.496 e. The van der Waals surface area contributed by atoms with Gasteiger partial charge in [-0.3, -0.25) is 13.9 Å². The first kappa shape index (κ1) is 14.1. The highest BCUT2D eigenvalue weighted by Crippen LogP contribution is 2.33. The lowest BCUT2D eigenvalue weighted by Gasteiger charge is -2.12. The fourth-order valence-corrected chi connectivity index (χ4v) is 2.46. The summed E-state index contributed by atoms with van der Waals surface area (Å²) in [7, 11) is 1.54. The van der Waals surface area contributed by atoms with Gasteiger partial charge >= 0.3 is 5.69 Å². The van der Waals surface area contributed by atoms with Crippen molar-refractivity contribution in [2.75, 3.05) is 7.11 Å². The Balaban J connectivity index is 2.14. The molecule has 6 nitrogen and oxygen atoms in total. The predicted octanol–water partition coefficient (Wildman–Crippen LogP) is 1.27. The van der Waals surface area contributed by atoms with Crippen LogP contribution in [0.15, 0.2) is 40.1 Å². The van der Waals surface area contributed by atoms with Gasteiger partial charge in [0.25, 0.3) is 5.56 Å². The molecule has 3 rings (SSSR count). The molecule has 1 aliphatic rings. The van der Waals surface area contributed by atoms with E-state index in [1.807, 2.05) is 18.2 Å². The molecule has 0 atom stereocenters. The first-order valence-corrected chi connectivity index (χ1v) is 7.03. The monoisotopic (exact) mass is 297 g/mol. The van der Waals surface area contributed by atoms with Gasteiger partial charge in [0.15, 0.2) is 0 Å². The molecular formula is C16H15N3O3. The molecule has 1 saturated carbocycles. The second kappa shape index (κ2) is 5.53. The average molecular weight is 297 g/mol. The largest absolute Gasteiger partial charge is 0.496 e. The number of rotatable bonds is 4. The number of nitrogens with zero attached hydrogens (tertiary/aromatic N) is 3. The van der Waals surface area contributed by atoms with Crippen LogP contribution in [-0.4, -0.2) is 16.2 Å². The van der Waals surface area contributed by atoms with Crippen LogP contribution in [0.3, 0.4) is 0 Å². The summed E-state index contributed by atoms with van der Waals surface area (Å²) in [5.74, 6) is 0.606. The smallest absolute Gasteiger partial charge is 0.331 e. The summed E-state index contributed by atoms with van der Waals surface area (Å²) in [6.45, 7) is 0.0872. The lowest BCUT2D eigenvalue weighted by molar-refractivity contribution is 0.407. The zero-order valence-electron chi connectivity index (χ0n) is 12.2. The highest BCUT2D eigenvalue weighted by Gasteiger charge is 2.27. The Hall–Kier alpha value is -2.81. The van der Waals surface area contributed by atoms with Gasteiger partial charge in [-0.1, -0.05) is 18.2 Å². The average Bonchev–Trinajstić information content (AvgIpc) is 3.37. The van der Waals surface area contributed by atoms with Crippen molar-refractivity contribution in [1.82, 2.24) is 9.13 Å². The quantitative estimate of drug-likeness (QED) is 0.851. The van der Waals surface area contributed by atoms with Crippen molar-refractivity contribution in [2.24, 2.45) is 0 Å². The summed E-state index contributed by atoms with van der Waals surface area (Å²) in [5.41, 5.74) is -0.226. The Kier molecular flexibility index (Phi) is 3.55. The molecular weight excluding hydrogens is 282 g/mol. The summed E-state index contributed by atoms with van der Waals surface area (Å²) in [6.07, 6.45) is 3.18. The van der Waals surface area contributed by atoms with E-state index in [0.29, 0.717) is 5.75 Å². The molecule has 1 heterocycles. The van der Waals surface area contributed by atoms with Crippen LogP contribution in [0.5, 0.6) is 5.75 Å². The molecule has 22 heavy (non-hydrogen) atoms. The first-order valence-electron chi connectivity index (χ1n) is 7.03. The van der Waals surface area contributed by atoms with Gasteiger partial charge in [-0.05, 0) is 18.9 Å². The second-order valence-corrected chi connectivity index (χ2v) is 5.28. The van der Waals surface area contributed by atoms with Gasteiger partial charge in [-0.15, -0.1) is 0 Å². The van der Waals surface area contributed by atoms with E-state index in [4.69, 9.17) is 10.00 Å². The van der Waals surface area contributed by atoms with Gasteiger partial charge in [0, 0.05) is 17.8 Å². The molecule has 0 unspecified atom stereocenters. The van der Waals surface area contributed by atoms with E-state index in [-0.39, 0.29) is 23.8 Å². The van der Waals surface area contributed by atoms with Crippen molar-refractivity contribution in [3.8, 4) is 11.8 Å². The molecule has 6 heteroatoms. The highest BCUT2D eigenvalue weighted by molar-refractivity contribution is 5.34. The van der Waals surface area contributed by atoms with Gasteiger partial charge in [-0.2, -0.15) is 5.26 Å². The minimum absolute atomic E-state index is 0.0126. The van der Waals surface area contributed by atoms with Crippen LogP contribution in [-0.2, 0) is 6.54 Å². The normalized spacial score (nSPS) is 13.6. The van der Waals surface area contributed by atoms with Crippen LogP contribution in [0.25, 0.3) is 0 Å². The van der Waals surface area contributed by atoms with Crippen LogP contribution in [0, 0.1) is 11.3 Å². The molecule has 2 aromatic rings. The third-order valence-electron chi connectivity index (χ3n) is 3.78.